The zero-order valence-electron chi connectivity index (χ0n) is 7.53. The third kappa shape index (κ3) is 1.71. The summed E-state index contributed by atoms with van der Waals surface area (Å²) in [6, 6.07) is 3.59. The van der Waals surface area contributed by atoms with Crippen LogP contribution in [0.15, 0.2) is 12.1 Å². The molecule has 0 atom stereocenters. The second-order valence-electron chi connectivity index (χ2n) is 2.85. The summed E-state index contributed by atoms with van der Waals surface area (Å²) in [6.07, 6.45) is 0.641. The van der Waals surface area contributed by atoms with Crippen LogP contribution in [0.4, 0.5) is 0 Å². The Kier molecular flexibility index (Phi) is 3.43. The molecule has 0 saturated heterocycles. The zero-order valence-corrected chi connectivity index (χ0v) is 8.34. The Balaban J connectivity index is 0.000000980. The number of ether oxygens (including phenoxy) is 2. The third-order valence-electron chi connectivity index (χ3n) is 2.01. The van der Waals surface area contributed by atoms with Crippen molar-refractivity contribution in [1.29, 1.82) is 0 Å². The SMILES string of the molecule is Cl.NCCc1ccc2c(c1O)OCO2. The van der Waals surface area contributed by atoms with E-state index in [1.165, 1.54) is 0 Å². The van der Waals surface area contributed by atoms with Crippen molar-refractivity contribution in [3.63, 3.8) is 0 Å². The summed E-state index contributed by atoms with van der Waals surface area (Å²) in [7, 11) is 0. The Hall–Kier alpha value is -1.13. The van der Waals surface area contributed by atoms with Crippen LogP contribution in [-0.2, 0) is 6.42 Å². The van der Waals surface area contributed by atoms with Gasteiger partial charge < -0.3 is 20.3 Å². The van der Waals surface area contributed by atoms with Crippen LogP contribution in [-0.4, -0.2) is 18.4 Å². The lowest BCUT2D eigenvalue weighted by Gasteiger charge is -2.05. The minimum atomic E-state index is 0. The first kappa shape index (κ1) is 10.9. The van der Waals surface area contributed by atoms with Crippen molar-refractivity contribution in [2.75, 3.05) is 13.3 Å². The summed E-state index contributed by atoms with van der Waals surface area (Å²) in [5.74, 6) is 1.18. The van der Waals surface area contributed by atoms with Gasteiger partial charge in [0.1, 0.15) is 0 Å². The molecule has 4 nitrogen and oxygen atoms in total. The summed E-state index contributed by atoms with van der Waals surface area (Å²) < 4.78 is 10.2. The van der Waals surface area contributed by atoms with Crippen molar-refractivity contribution in [3.05, 3.63) is 17.7 Å². The first-order valence-electron chi connectivity index (χ1n) is 4.13. The van der Waals surface area contributed by atoms with E-state index in [4.69, 9.17) is 15.2 Å². The van der Waals surface area contributed by atoms with Gasteiger partial charge in [0, 0.05) is 0 Å². The summed E-state index contributed by atoms with van der Waals surface area (Å²) in [6.45, 7) is 0.683. The molecule has 1 aromatic rings. The molecule has 0 unspecified atom stereocenters. The fourth-order valence-electron chi connectivity index (χ4n) is 1.36. The molecular weight excluding hydrogens is 206 g/mol. The number of fused-ring (bicyclic) bond motifs is 1. The van der Waals surface area contributed by atoms with Gasteiger partial charge in [0.15, 0.2) is 11.5 Å². The summed E-state index contributed by atoms with van der Waals surface area (Å²) in [5, 5.41) is 9.68. The molecule has 1 heterocycles. The minimum Gasteiger partial charge on any atom is -0.504 e. The van der Waals surface area contributed by atoms with Crippen LogP contribution in [0, 0.1) is 0 Å². The number of benzene rings is 1. The number of aromatic hydroxyl groups is 1. The van der Waals surface area contributed by atoms with E-state index in [0.717, 1.165) is 5.56 Å². The molecule has 1 aliphatic heterocycles. The van der Waals surface area contributed by atoms with Gasteiger partial charge in [-0.3, -0.25) is 0 Å². The van der Waals surface area contributed by atoms with Gasteiger partial charge in [0.05, 0.1) is 0 Å². The molecule has 0 aromatic heterocycles. The maximum Gasteiger partial charge on any atom is 0.231 e. The van der Waals surface area contributed by atoms with E-state index >= 15 is 0 Å². The third-order valence-corrected chi connectivity index (χ3v) is 2.01. The van der Waals surface area contributed by atoms with Crippen molar-refractivity contribution < 1.29 is 14.6 Å². The van der Waals surface area contributed by atoms with Crippen molar-refractivity contribution >= 4 is 12.4 Å². The second kappa shape index (κ2) is 4.39. The molecule has 0 bridgehead atoms. The normalized spacial score (nSPS) is 12.4. The number of hydrogen-bond donors (Lipinski definition) is 2. The van der Waals surface area contributed by atoms with E-state index in [9.17, 15) is 5.11 Å². The second-order valence-corrected chi connectivity index (χ2v) is 2.85. The average Bonchev–Trinajstić information content (AvgIpc) is 2.58. The first-order valence-corrected chi connectivity index (χ1v) is 4.13. The van der Waals surface area contributed by atoms with Crippen LogP contribution in [0.5, 0.6) is 17.2 Å². The van der Waals surface area contributed by atoms with Crippen molar-refractivity contribution in [2.24, 2.45) is 5.73 Å². The molecule has 78 valence electrons. The molecule has 0 radical (unpaired) electrons. The van der Waals surface area contributed by atoms with Crippen molar-refractivity contribution in [3.8, 4) is 17.2 Å². The molecule has 5 heteroatoms. The Morgan fingerprint density at radius 1 is 1.36 bits per heavy atom. The highest BCUT2D eigenvalue weighted by Crippen LogP contribution is 2.42. The van der Waals surface area contributed by atoms with Crippen LogP contribution in [0.3, 0.4) is 0 Å². The van der Waals surface area contributed by atoms with Crippen LogP contribution < -0.4 is 15.2 Å². The highest BCUT2D eigenvalue weighted by atomic mass is 35.5. The van der Waals surface area contributed by atoms with E-state index < -0.39 is 0 Å². The molecule has 14 heavy (non-hydrogen) atoms. The maximum absolute atomic E-state index is 9.68. The van der Waals surface area contributed by atoms with Crippen molar-refractivity contribution in [1.82, 2.24) is 0 Å². The standard InChI is InChI=1S/C9H11NO3.ClH/c10-4-3-6-1-2-7-9(8(6)11)13-5-12-7;/h1-2,11H,3-5,10H2;1H. The first-order chi connectivity index (χ1) is 6.33. The molecule has 1 aromatic carbocycles. The molecule has 1 aliphatic rings. The highest BCUT2D eigenvalue weighted by Gasteiger charge is 2.19. The maximum atomic E-state index is 9.68. The Morgan fingerprint density at radius 3 is 2.86 bits per heavy atom. The van der Waals surface area contributed by atoms with Gasteiger partial charge in [-0.1, -0.05) is 6.07 Å². The van der Waals surface area contributed by atoms with Crippen molar-refractivity contribution in [2.45, 2.75) is 6.42 Å². The van der Waals surface area contributed by atoms with Crippen LogP contribution in [0.1, 0.15) is 5.56 Å². The Morgan fingerprint density at radius 2 is 2.14 bits per heavy atom. The van der Waals surface area contributed by atoms with E-state index in [0.29, 0.717) is 24.5 Å². The Labute approximate surface area is 88.0 Å². The lowest BCUT2D eigenvalue weighted by molar-refractivity contribution is 0.171. The number of rotatable bonds is 2. The lowest BCUT2D eigenvalue weighted by atomic mass is 10.1. The molecule has 0 spiro atoms. The topological polar surface area (TPSA) is 64.7 Å². The summed E-state index contributed by atoms with van der Waals surface area (Å²) >= 11 is 0. The zero-order chi connectivity index (χ0) is 9.26. The number of halogens is 1. The van der Waals surface area contributed by atoms with Gasteiger partial charge >= 0.3 is 0 Å². The largest absolute Gasteiger partial charge is 0.504 e. The number of phenolic OH excluding ortho intramolecular Hbond substituents is 1. The molecule has 0 amide bonds. The predicted molar refractivity (Wildman–Crippen MR) is 54.2 cm³/mol. The van der Waals surface area contributed by atoms with Gasteiger partial charge in [0.25, 0.3) is 0 Å². The molecular formula is C9H12ClNO3. The van der Waals surface area contributed by atoms with Crippen LogP contribution >= 0.6 is 12.4 Å². The Bertz CT molecular complexity index is 330. The van der Waals surface area contributed by atoms with E-state index in [-0.39, 0.29) is 24.9 Å². The van der Waals surface area contributed by atoms with Crippen LogP contribution in [0.25, 0.3) is 0 Å². The van der Waals surface area contributed by atoms with Gasteiger partial charge in [0.2, 0.25) is 12.5 Å². The molecule has 3 N–H and O–H groups in total. The van der Waals surface area contributed by atoms with E-state index in [1.54, 1.807) is 12.1 Å². The quantitative estimate of drug-likeness (QED) is 0.777. The van der Waals surface area contributed by atoms with Gasteiger partial charge in [-0.05, 0) is 24.6 Å². The average molecular weight is 218 g/mol. The summed E-state index contributed by atoms with van der Waals surface area (Å²) in [4.78, 5) is 0. The van der Waals surface area contributed by atoms with Gasteiger partial charge in [-0.25, -0.2) is 0 Å². The number of phenols is 1. The number of hydrogen-bond acceptors (Lipinski definition) is 4. The predicted octanol–water partition coefficient (Wildman–Crippen LogP) is 1.04. The van der Waals surface area contributed by atoms with Gasteiger partial charge in [-0.15, -0.1) is 12.4 Å². The number of nitrogens with two attached hydrogens (primary N) is 1. The van der Waals surface area contributed by atoms with Gasteiger partial charge in [-0.2, -0.15) is 0 Å². The molecule has 2 rings (SSSR count). The molecule has 0 saturated carbocycles. The molecule has 0 aliphatic carbocycles. The molecule has 0 fully saturated rings. The lowest BCUT2D eigenvalue weighted by Crippen LogP contribution is -2.02. The fourth-order valence-corrected chi connectivity index (χ4v) is 1.36. The van der Waals surface area contributed by atoms with E-state index in [2.05, 4.69) is 0 Å². The monoisotopic (exact) mass is 217 g/mol. The fraction of sp³-hybridized carbons (Fsp3) is 0.333. The smallest absolute Gasteiger partial charge is 0.231 e. The minimum absolute atomic E-state index is 0. The van der Waals surface area contributed by atoms with Crippen LogP contribution in [0.2, 0.25) is 0 Å². The highest BCUT2D eigenvalue weighted by molar-refractivity contribution is 5.85. The summed E-state index contributed by atoms with van der Waals surface area (Å²) in [5.41, 5.74) is 6.19. The van der Waals surface area contributed by atoms with E-state index in [1.807, 2.05) is 0 Å².